The molecule has 3 rings (SSSR count). The quantitative estimate of drug-likeness (QED) is 0.659. The van der Waals surface area contributed by atoms with Crippen LogP contribution < -0.4 is 0 Å². The SMILES string of the molecule is C/C=C1/C=C(c2ccccc2)c2ccccc21. The summed E-state index contributed by atoms with van der Waals surface area (Å²) in [5.41, 5.74) is 6.62. The van der Waals surface area contributed by atoms with Gasteiger partial charge in [-0.3, -0.25) is 0 Å². The average Bonchev–Trinajstić information content (AvgIpc) is 2.78. The summed E-state index contributed by atoms with van der Waals surface area (Å²) in [5.74, 6) is 0. The van der Waals surface area contributed by atoms with E-state index in [1.807, 2.05) is 0 Å². The van der Waals surface area contributed by atoms with Gasteiger partial charge in [0.2, 0.25) is 0 Å². The third kappa shape index (κ3) is 1.62. The number of allylic oxidation sites excluding steroid dienone is 3. The lowest BCUT2D eigenvalue weighted by Crippen LogP contribution is -1.85. The normalized spacial score (nSPS) is 15.8. The van der Waals surface area contributed by atoms with Gasteiger partial charge in [0.1, 0.15) is 0 Å². The molecule has 2 aromatic rings. The van der Waals surface area contributed by atoms with E-state index in [9.17, 15) is 0 Å². The van der Waals surface area contributed by atoms with Gasteiger partial charge in [0, 0.05) is 0 Å². The second-order valence-electron chi connectivity index (χ2n) is 4.21. The number of benzene rings is 2. The predicted molar refractivity (Wildman–Crippen MR) is 73.6 cm³/mol. The zero-order valence-corrected chi connectivity index (χ0v) is 9.85. The van der Waals surface area contributed by atoms with E-state index in [-0.39, 0.29) is 0 Å². The van der Waals surface area contributed by atoms with Crippen LogP contribution in [0, 0.1) is 0 Å². The van der Waals surface area contributed by atoms with E-state index in [0.717, 1.165) is 0 Å². The Morgan fingerprint density at radius 1 is 0.765 bits per heavy atom. The van der Waals surface area contributed by atoms with Crippen LogP contribution in [0.1, 0.15) is 23.6 Å². The molecule has 0 atom stereocenters. The van der Waals surface area contributed by atoms with Crippen LogP contribution in [0.25, 0.3) is 11.1 Å². The van der Waals surface area contributed by atoms with Crippen molar-refractivity contribution in [3.63, 3.8) is 0 Å². The Kier molecular flexibility index (Phi) is 2.41. The highest BCUT2D eigenvalue weighted by Crippen LogP contribution is 2.38. The molecule has 0 fully saturated rings. The highest BCUT2D eigenvalue weighted by molar-refractivity contribution is 6.00. The summed E-state index contributed by atoms with van der Waals surface area (Å²) < 4.78 is 0. The van der Waals surface area contributed by atoms with Crippen LogP contribution in [0.15, 0.2) is 66.7 Å². The number of fused-ring (bicyclic) bond motifs is 1. The third-order valence-electron chi connectivity index (χ3n) is 3.22. The van der Waals surface area contributed by atoms with Gasteiger partial charge >= 0.3 is 0 Å². The van der Waals surface area contributed by atoms with Gasteiger partial charge in [-0.25, -0.2) is 0 Å². The van der Waals surface area contributed by atoms with Gasteiger partial charge < -0.3 is 0 Å². The molecule has 0 nitrogen and oxygen atoms in total. The molecule has 0 unspecified atom stereocenters. The molecule has 2 aromatic carbocycles. The van der Waals surface area contributed by atoms with Crippen molar-refractivity contribution >= 4 is 11.1 Å². The van der Waals surface area contributed by atoms with E-state index < -0.39 is 0 Å². The molecule has 0 heterocycles. The highest BCUT2D eigenvalue weighted by Gasteiger charge is 2.17. The van der Waals surface area contributed by atoms with Crippen LogP contribution in [0.3, 0.4) is 0 Å². The van der Waals surface area contributed by atoms with Crippen LogP contribution in [0.4, 0.5) is 0 Å². The lowest BCUT2D eigenvalue weighted by Gasteiger charge is -2.05. The van der Waals surface area contributed by atoms with E-state index in [1.165, 1.54) is 27.8 Å². The first kappa shape index (κ1) is 10.1. The van der Waals surface area contributed by atoms with Gasteiger partial charge in [0.25, 0.3) is 0 Å². The topological polar surface area (TPSA) is 0 Å². The minimum atomic E-state index is 1.29. The number of hydrogen-bond acceptors (Lipinski definition) is 0. The first-order chi connectivity index (χ1) is 8.40. The molecular weight excluding hydrogens is 204 g/mol. The first-order valence-electron chi connectivity index (χ1n) is 5.93. The van der Waals surface area contributed by atoms with Crippen molar-refractivity contribution in [1.29, 1.82) is 0 Å². The summed E-state index contributed by atoms with van der Waals surface area (Å²) in [5, 5.41) is 0. The minimum absolute atomic E-state index is 1.29. The lowest BCUT2D eigenvalue weighted by atomic mass is 9.99. The molecule has 1 aliphatic rings. The van der Waals surface area contributed by atoms with Crippen LogP contribution in [0.5, 0.6) is 0 Å². The molecule has 0 amide bonds. The van der Waals surface area contributed by atoms with Gasteiger partial charge in [-0.15, -0.1) is 0 Å². The summed E-state index contributed by atoms with van der Waals surface area (Å²) in [6.07, 6.45) is 4.45. The molecule has 0 radical (unpaired) electrons. The second-order valence-corrected chi connectivity index (χ2v) is 4.21. The summed E-state index contributed by atoms with van der Waals surface area (Å²) >= 11 is 0. The summed E-state index contributed by atoms with van der Waals surface area (Å²) in [7, 11) is 0. The maximum absolute atomic E-state index is 2.28. The number of hydrogen-bond donors (Lipinski definition) is 0. The van der Waals surface area contributed by atoms with Crippen molar-refractivity contribution in [2.75, 3.05) is 0 Å². The lowest BCUT2D eigenvalue weighted by molar-refractivity contribution is 1.55. The average molecular weight is 218 g/mol. The number of rotatable bonds is 1. The van der Waals surface area contributed by atoms with Crippen molar-refractivity contribution in [2.45, 2.75) is 6.92 Å². The minimum Gasteiger partial charge on any atom is -0.0797 e. The van der Waals surface area contributed by atoms with Crippen molar-refractivity contribution in [3.8, 4) is 0 Å². The van der Waals surface area contributed by atoms with Gasteiger partial charge in [0.05, 0.1) is 0 Å². The van der Waals surface area contributed by atoms with Crippen molar-refractivity contribution in [1.82, 2.24) is 0 Å². The molecule has 17 heavy (non-hydrogen) atoms. The maximum Gasteiger partial charge on any atom is -0.00991 e. The molecule has 0 saturated heterocycles. The van der Waals surface area contributed by atoms with Gasteiger partial charge in [-0.05, 0) is 40.8 Å². The first-order valence-corrected chi connectivity index (χ1v) is 5.93. The Morgan fingerprint density at radius 2 is 1.41 bits per heavy atom. The fourth-order valence-electron chi connectivity index (χ4n) is 2.38. The Balaban J connectivity index is 2.21. The smallest absolute Gasteiger partial charge is 0.00991 e. The van der Waals surface area contributed by atoms with E-state index in [4.69, 9.17) is 0 Å². The van der Waals surface area contributed by atoms with Gasteiger partial charge in [0.15, 0.2) is 0 Å². The zero-order valence-electron chi connectivity index (χ0n) is 9.85. The van der Waals surface area contributed by atoms with E-state index in [1.54, 1.807) is 0 Å². The largest absolute Gasteiger partial charge is 0.0797 e. The monoisotopic (exact) mass is 218 g/mol. The van der Waals surface area contributed by atoms with Crippen LogP contribution >= 0.6 is 0 Å². The van der Waals surface area contributed by atoms with Crippen molar-refractivity contribution < 1.29 is 0 Å². The van der Waals surface area contributed by atoms with Crippen molar-refractivity contribution in [2.24, 2.45) is 0 Å². The zero-order chi connectivity index (χ0) is 11.7. The van der Waals surface area contributed by atoms with Gasteiger partial charge in [-0.1, -0.05) is 60.7 Å². The molecule has 1 aliphatic carbocycles. The Morgan fingerprint density at radius 3 is 2.12 bits per heavy atom. The third-order valence-corrected chi connectivity index (χ3v) is 3.22. The molecule has 0 saturated carbocycles. The molecule has 0 aliphatic heterocycles. The molecule has 0 N–H and O–H groups in total. The molecular formula is C17H14. The van der Waals surface area contributed by atoms with Crippen LogP contribution in [-0.4, -0.2) is 0 Å². The van der Waals surface area contributed by atoms with Crippen LogP contribution in [-0.2, 0) is 0 Å². The molecule has 0 aromatic heterocycles. The van der Waals surface area contributed by atoms with Crippen LogP contribution in [0.2, 0.25) is 0 Å². The molecule has 0 spiro atoms. The molecule has 0 heteroatoms. The van der Waals surface area contributed by atoms with Crippen molar-refractivity contribution in [3.05, 3.63) is 83.4 Å². The standard InChI is InChI=1S/C17H14/c1-2-13-12-17(14-8-4-3-5-9-14)16-11-7-6-10-15(13)16/h2-12H,1H3/b13-2-. The predicted octanol–water partition coefficient (Wildman–Crippen LogP) is 4.54. The highest BCUT2D eigenvalue weighted by atomic mass is 14.2. The second kappa shape index (κ2) is 4.06. The Bertz CT molecular complexity index is 601. The molecule has 82 valence electrons. The fraction of sp³-hybridized carbons (Fsp3) is 0.0588. The Hall–Kier alpha value is -2.08. The fourth-order valence-corrected chi connectivity index (χ4v) is 2.38. The van der Waals surface area contributed by atoms with E-state index >= 15 is 0 Å². The van der Waals surface area contributed by atoms with E-state index in [2.05, 4.69) is 73.7 Å². The maximum atomic E-state index is 2.28. The molecule has 0 bridgehead atoms. The summed E-state index contributed by atoms with van der Waals surface area (Å²) in [6.45, 7) is 2.09. The summed E-state index contributed by atoms with van der Waals surface area (Å²) in [6, 6.07) is 19.2. The van der Waals surface area contributed by atoms with Gasteiger partial charge in [-0.2, -0.15) is 0 Å². The summed E-state index contributed by atoms with van der Waals surface area (Å²) in [4.78, 5) is 0. The van der Waals surface area contributed by atoms with E-state index in [0.29, 0.717) is 0 Å². The Labute approximate surface area is 102 Å².